The van der Waals surface area contributed by atoms with E-state index in [2.05, 4.69) is 0 Å². The number of phenols is 1. The van der Waals surface area contributed by atoms with Crippen LogP contribution in [0.3, 0.4) is 0 Å². The zero-order valence-electron chi connectivity index (χ0n) is 19.9. The molecule has 0 saturated carbocycles. The number of pyridine rings is 1. The Hall–Kier alpha value is -4.36. The Kier molecular flexibility index (Phi) is 7.05. The minimum Gasteiger partial charge on any atom is -0.504 e. The molecule has 0 aliphatic carbocycles. The molecule has 6 nitrogen and oxygen atoms in total. The number of phenolic OH excluding ortho intramolecular Hbond substituents is 1. The predicted octanol–water partition coefficient (Wildman–Crippen LogP) is 7.23. The first-order chi connectivity index (χ1) is 18.0. The molecule has 0 bridgehead atoms. The van der Waals surface area contributed by atoms with Crippen LogP contribution in [0.5, 0.6) is 17.2 Å². The van der Waals surface area contributed by atoms with Crippen molar-refractivity contribution in [1.29, 1.82) is 0 Å². The first kappa shape index (κ1) is 24.3. The van der Waals surface area contributed by atoms with Gasteiger partial charge in [0, 0.05) is 23.5 Å². The Morgan fingerprint density at radius 3 is 2.65 bits per heavy atom. The molecule has 0 aliphatic rings. The van der Waals surface area contributed by atoms with Gasteiger partial charge in [-0.05, 0) is 79.2 Å². The molecule has 0 saturated heterocycles. The van der Waals surface area contributed by atoms with Crippen LogP contribution in [0.1, 0.15) is 18.1 Å². The van der Waals surface area contributed by atoms with Crippen LogP contribution in [-0.4, -0.2) is 27.3 Å². The molecule has 8 heteroatoms. The maximum Gasteiger partial charge on any atom is 0.165 e. The molecule has 0 amide bonds. The summed E-state index contributed by atoms with van der Waals surface area (Å²) in [6.45, 7) is 2.32. The van der Waals surface area contributed by atoms with Gasteiger partial charge >= 0.3 is 0 Å². The number of rotatable bonds is 8. The number of fused-ring (bicyclic) bond motifs is 1. The van der Waals surface area contributed by atoms with Crippen molar-refractivity contribution in [2.45, 2.75) is 13.5 Å². The lowest BCUT2D eigenvalue weighted by molar-refractivity contribution is 0.300. The highest BCUT2D eigenvalue weighted by atomic mass is 35.5. The third kappa shape index (κ3) is 5.27. The number of aliphatic imine (C=N–C) groups is 1. The number of imidazole rings is 1. The molecule has 0 unspecified atom stereocenters. The van der Waals surface area contributed by atoms with Crippen LogP contribution in [-0.2, 0) is 6.61 Å². The molecule has 0 aliphatic heterocycles. The van der Waals surface area contributed by atoms with Gasteiger partial charge in [-0.25, -0.2) is 14.4 Å². The molecular formula is C29H23ClFN3O3. The van der Waals surface area contributed by atoms with Crippen molar-refractivity contribution >= 4 is 29.3 Å². The smallest absolute Gasteiger partial charge is 0.165 e. The number of nitrogens with zero attached hydrogens (tertiary/aromatic N) is 3. The summed E-state index contributed by atoms with van der Waals surface area (Å²) >= 11 is 6.08. The van der Waals surface area contributed by atoms with E-state index in [9.17, 15) is 9.50 Å². The average Bonchev–Trinajstić information content (AvgIpc) is 3.28. The normalized spacial score (nSPS) is 11.3. The van der Waals surface area contributed by atoms with Gasteiger partial charge in [-0.15, -0.1) is 0 Å². The molecule has 0 fully saturated rings. The molecule has 37 heavy (non-hydrogen) atoms. The topological polar surface area (TPSA) is 68.4 Å². The van der Waals surface area contributed by atoms with E-state index in [1.54, 1.807) is 48.7 Å². The van der Waals surface area contributed by atoms with Crippen molar-refractivity contribution in [2.75, 3.05) is 6.61 Å². The fourth-order valence-electron chi connectivity index (χ4n) is 3.84. The Labute approximate surface area is 218 Å². The minimum absolute atomic E-state index is 0.0283. The highest BCUT2D eigenvalue weighted by Gasteiger charge is 2.15. The molecule has 3 aromatic carbocycles. The largest absolute Gasteiger partial charge is 0.504 e. The summed E-state index contributed by atoms with van der Waals surface area (Å²) in [6, 6.07) is 22.7. The van der Waals surface area contributed by atoms with E-state index in [1.807, 2.05) is 47.9 Å². The number of aromatic hydroxyl groups is 1. The van der Waals surface area contributed by atoms with Gasteiger partial charge in [0.1, 0.15) is 29.5 Å². The number of halogens is 2. The summed E-state index contributed by atoms with van der Waals surface area (Å²) < 4.78 is 27.2. The van der Waals surface area contributed by atoms with Crippen molar-refractivity contribution in [3.8, 4) is 28.5 Å². The lowest BCUT2D eigenvalue weighted by atomic mass is 10.1. The summed E-state index contributed by atoms with van der Waals surface area (Å²) in [5.41, 5.74) is 3.33. The Bertz CT molecular complexity index is 1560. The summed E-state index contributed by atoms with van der Waals surface area (Å²) in [7, 11) is 0. The van der Waals surface area contributed by atoms with E-state index in [4.69, 9.17) is 31.1 Å². The first-order valence-corrected chi connectivity index (χ1v) is 12.0. The van der Waals surface area contributed by atoms with Crippen molar-refractivity contribution in [2.24, 2.45) is 4.99 Å². The quantitative estimate of drug-likeness (QED) is 0.221. The van der Waals surface area contributed by atoms with Crippen LogP contribution in [0.2, 0.25) is 5.02 Å². The van der Waals surface area contributed by atoms with Crippen LogP contribution in [0.15, 0.2) is 90.1 Å². The van der Waals surface area contributed by atoms with Crippen LogP contribution < -0.4 is 9.47 Å². The van der Waals surface area contributed by atoms with Gasteiger partial charge in [-0.3, -0.25) is 4.40 Å². The lowest BCUT2D eigenvalue weighted by Crippen LogP contribution is -1.99. The summed E-state index contributed by atoms with van der Waals surface area (Å²) in [5, 5.41) is 10.4. The molecule has 5 aromatic rings. The Morgan fingerprint density at radius 2 is 1.86 bits per heavy atom. The van der Waals surface area contributed by atoms with Crippen LogP contribution in [0.25, 0.3) is 16.9 Å². The molecule has 5 rings (SSSR count). The van der Waals surface area contributed by atoms with Gasteiger partial charge in [0.05, 0.1) is 11.6 Å². The highest BCUT2D eigenvalue weighted by Crippen LogP contribution is 2.36. The molecule has 0 radical (unpaired) electrons. The first-order valence-electron chi connectivity index (χ1n) is 11.7. The monoisotopic (exact) mass is 515 g/mol. The maximum atomic E-state index is 14.0. The van der Waals surface area contributed by atoms with Gasteiger partial charge in [-0.1, -0.05) is 23.7 Å². The molecule has 0 atom stereocenters. The van der Waals surface area contributed by atoms with E-state index >= 15 is 0 Å². The number of aromatic nitrogens is 2. The second-order valence-electron chi connectivity index (χ2n) is 8.14. The summed E-state index contributed by atoms with van der Waals surface area (Å²) in [5.74, 6) is 1.28. The molecule has 186 valence electrons. The maximum absolute atomic E-state index is 14.0. The summed E-state index contributed by atoms with van der Waals surface area (Å²) in [6.07, 6.45) is 3.63. The molecule has 2 heterocycles. The third-order valence-corrected chi connectivity index (χ3v) is 6.05. The van der Waals surface area contributed by atoms with Gasteiger partial charge in [0.2, 0.25) is 0 Å². The fraction of sp³-hybridized carbons (Fsp3) is 0.103. The molecule has 0 spiro atoms. The van der Waals surface area contributed by atoms with Crippen molar-refractivity contribution in [1.82, 2.24) is 9.38 Å². The average molecular weight is 516 g/mol. The van der Waals surface area contributed by atoms with E-state index in [0.29, 0.717) is 40.2 Å². The summed E-state index contributed by atoms with van der Waals surface area (Å²) in [4.78, 5) is 9.51. The zero-order valence-corrected chi connectivity index (χ0v) is 20.7. The van der Waals surface area contributed by atoms with Gasteiger partial charge < -0.3 is 14.6 Å². The number of hydrogen-bond donors (Lipinski definition) is 1. The van der Waals surface area contributed by atoms with Crippen molar-refractivity contribution in [3.05, 3.63) is 107 Å². The van der Waals surface area contributed by atoms with Crippen molar-refractivity contribution < 1.29 is 19.0 Å². The predicted molar refractivity (Wildman–Crippen MR) is 143 cm³/mol. The SMILES string of the molecule is CCOc1cc(-c2nc3ccccn3c2N=Cc2ccc(OCc3c(F)cccc3Cl)cc2)ccc1O. The van der Waals surface area contributed by atoms with E-state index < -0.39 is 5.82 Å². The third-order valence-electron chi connectivity index (χ3n) is 5.70. The lowest BCUT2D eigenvalue weighted by Gasteiger charge is -2.09. The number of hydrogen-bond acceptors (Lipinski definition) is 5. The molecule has 1 N–H and O–H groups in total. The Balaban J connectivity index is 1.41. The van der Waals surface area contributed by atoms with Crippen LogP contribution in [0.4, 0.5) is 10.2 Å². The highest BCUT2D eigenvalue weighted by molar-refractivity contribution is 6.31. The number of benzene rings is 3. The van der Waals surface area contributed by atoms with Crippen LogP contribution in [0, 0.1) is 5.82 Å². The zero-order chi connectivity index (χ0) is 25.8. The molecular weight excluding hydrogens is 493 g/mol. The van der Waals surface area contributed by atoms with E-state index in [1.165, 1.54) is 6.07 Å². The van der Waals surface area contributed by atoms with E-state index in [0.717, 1.165) is 16.8 Å². The van der Waals surface area contributed by atoms with Gasteiger partial charge in [-0.2, -0.15) is 0 Å². The second kappa shape index (κ2) is 10.7. The van der Waals surface area contributed by atoms with Crippen molar-refractivity contribution in [3.63, 3.8) is 0 Å². The minimum atomic E-state index is -0.401. The standard InChI is InChI=1S/C29H23ClFN3O3/c1-2-36-26-16-20(11-14-25(26)35)28-29(34-15-4-3-8-27(34)33-28)32-17-19-9-12-21(13-10-19)37-18-22-23(30)6-5-7-24(22)31/h3-17,35H,2,18H2,1H3. The van der Waals surface area contributed by atoms with Gasteiger partial charge in [0.25, 0.3) is 0 Å². The van der Waals surface area contributed by atoms with Gasteiger partial charge in [0.15, 0.2) is 17.3 Å². The Morgan fingerprint density at radius 1 is 1.03 bits per heavy atom. The van der Waals surface area contributed by atoms with E-state index in [-0.39, 0.29) is 12.4 Å². The second-order valence-corrected chi connectivity index (χ2v) is 8.55. The number of ether oxygens (including phenoxy) is 2. The fourth-order valence-corrected chi connectivity index (χ4v) is 4.06. The van der Waals surface area contributed by atoms with Crippen LogP contribution >= 0.6 is 11.6 Å². The molecule has 2 aromatic heterocycles.